The molecule has 0 bridgehead atoms. The summed E-state index contributed by atoms with van der Waals surface area (Å²) >= 11 is 0. The van der Waals surface area contributed by atoms with Gasteiger partial charge >= 0.3 is 5.97 Å². The Morgan fingerprint density at radius 1 is 1.29 bits per heavy atom. The van der Waals surface area contributed by atoms with Crippen molar-refractivity contribution < 1.29 is 14.3 Å². The molecule has 0 aliphatic carbocycles. The molecular formula is C14H18O3. The van der Waals surface area contributed by atoms with Crippen molar-refractivity contribution in [3.05, 3.63) is 41.2 Å². The molecule has 0 aliphatic rings. The van der Waals surface area contributed by atoms with Gasteiger partial charge < -0.3 is 9.47 Å². The molecule has 1 aromatic rings. The van der Waals surface area contributed by atoms with E-state index in [-0.39, 0.29) is 5.97 Å². The van der Waals surface area contributed by atoms with Crippen molar-refractivity contribution in [1.82, 2.24) is 0 Å². The van der Waals surface area contributed by atoms with Gasteiger partial charge in [0, 0.05) is 0 Å². The SMILES string of the molecule is CCOC(=O)/C(C)=C\Oc1ccc(C)c(C)c1. The van der Waals surface area contributed by atoms with E-state index in [0.29, 0.717) is 12.2 Å². The van der Waals surface area contributed by atoms with E-state index in [1.54, 1.807) is 13.8 Å². The zero-order valence-electron chi connectivity index (χ0n) is 10.7. The van der Waals surface area contributed by atoms with Crippen LogP contribution in [0, 0.1) is 13.8 Å². The van der Waals surface area contributed by atoms with Crippen LogP contribution in [0.1, 0.15) is 25.0 Å². The van der Waals surface area contributed by atoms with Crippen LogP contribution in [0.15, 0.2) is 30.0 Å². The molecule has 1 aromatic carbocycles. The van der Waals surface area contributed by atoms with Crippen LogP contribution in [-0.2, 0) is 9.53 Å². The van der Waals surface area contributed by atoms with Gasteiger partial charge in [-0.15, -0.1) is 0 Å². The summed E-state index contributed by atoms with van der Waals surface area (Å²) in [5.74, 6) is 0.369. The smallest absolute Gasteiger partial charge is 0.336 e. The number of carbonyl (C=O) groups excluding carboxylic acids is 1. The Balaban J connectivity index is 2.69. The van der Waals surface area contributed by atoms with Crippen LogP contribution in [-0.4, -0.2) is 12.6 Å². The number of hydrogen-bond acceptors (Lipinski definition) is 3. The zero-order chi connectivity index (χ0) is 12.8. The first-order valence-electron chi connectivity index (χ1n) is 5.62. The van der Waals surface area contributed by atoms with E-state index >= 15 is 0 Å². The lowest BCUT2D eigenvalue weighted by Gasteiger charge is -2.05. The highest BCUT2D eigenvalue weighted by atomic mass is 16.5. The highest BCUT2D eigenvalue weighted by Gasteiger charge is 2.04. The summed E-state index contributed by atoms with van der Waals surface area (Å²) in [7, 11) is 0. The minimum absolute atomic E-state index is 0.351. The van der Waals surface area contributed by atoms with Gasteiger partial charge in [0.1, 0.15) is 12.0 Å². The number of aryl methyl sites for hydroxylation is 2. The lowest BCUT2D eigenvalue weighted by atomic mass is 10.1. The molecule has 92 valence electrons. The lowest BCUT2D eigenvalue weighted by molar-refractivity contribution is -0.138. The Kier molecular flexibility index (Phi) is 4.76. The molecule has 0 atom stereocenters. The largest absolute Gasteiger partial charge is 0.464 e. The van der Waals surface area contributed by atoms with Crippen molar-refractivity contribution in [2.24, 2.45) is 0 Å². The second-order valence-electron chi connectivity index (χ2n) is 3.89. The number of ether oxygens (including phenoxy) is 2. The van der Waals surface area contributed by atoms with Gasteiger partial charge in [-0.25, -0.2) is 4.79 Å². The molecule has 0 saturated heterocycles. The third kappa shape index (κ3) is 3.94. The number of esters is 1. The molecule has 0 spiro atoms. The second-order valence-corrected chi connectivity index (χ2v) is 3.89. The predicted molar refractivity (Wildman–Crippen MR) is 66.9 cm³/mol. The van der Waals surface area contributed by atoms with Crippen molar-refractivity contribution >= 4 is 5.97 Å². The second kappa shape index (κ2) is 6.09. The first kappa shape index (κ1) is 13.3. The van der Waals surface area contributed by atoms with E-state index in [0.717, 1.165) is 11.3 Å². The molecule has 0 aromatic heterocycles. The first-order chi connectivity index (χ1) is 8.04. The van der Waals surface area contributed by atoms with Crippen molar-refractivity contribution in [2.45, 2.75) is 27.7 Å². The molecule has 3 nitrogen and oxygen atoms in total. The molecule has 3 heteroatoms. The van der Waals surface area contributed by atoms with Crippen LogP contribution >= 0.6 is 0 Å². The molecule has 0 fully saturated rings. The molecule has 0 saturated carbocycles. The van der Waals surface area contributed by atoms with Crippen molar-refractivity contribution in [3.63, 3.8) is 0 Å². The quantitative estimate of drug-likeness (QED) is 0.456. The fourth-order valence-corrected chi connectivity index (χ4v) is 1.24. The average molecular weight is 234 g/mol. The molecule has 17 heavy (non-hydrogen) atoms. The van der Waals surface area contributed by atoms with Crippen LogP contribution in [0.2, 0.25) is 0 Å². The predicted octanol–water partition coefficient (Wildman–Crippen LogP) is 3.15. The number of benzene rings is 1. The summed E-state index contributed by atoms with van der Waals surface area (Å²) in [5, 5.41) is 0. The fourth-order valence-electron chi connectivity index (χ4n) is 1.24. The summed E-state index contributed by atoms with van der Waals surface area (Å²) in [4.78, 5) is 11.3. The topological polar surface area (TPSA) is 35.5 Å². The number of hydrogen-bond donors (Lipinski definition) is 0. The third-order valence-corrected chi connectivity index (χ3v) is 2.45. The van der Waals surface area contributed by atoms with Crippen molar-refractivity contribution in [2.75, 3.05) is 6.61 Å². The monoisotopic (exact) mass is 234 g/mol. The maximum absolute atomic E-state index is 11.3. The molecule has 0 N–H and O–H groups in total. The van der Waals surface area contributed by atoms with Gasteiger partial charge in [0.15, 0.2) is 0 Å². The van der Waals surface area contributed by atoms with Crippen LogP contribution in [0.25, 0.3) is 0 Å². The maximum atomic E-state index is 11.3. The standard InChI is InChI=1S/C14H18O3/c1-5-16-14(15)12(4)9-17-13-7-6-10(2)11(3)8-13/h6-9H,5H2,1-4H3/b12-9-. The highest BCUT2D eigenvalue weighted by Crippen LogP contribution is 2.17. The van der Waals surface area contributed by atoms with Gasteiger partial charge in [0.2, 0.25) is 0 Å². The van der Waals surface area contributed by atoms with E-state index in [4.69, 9.17) is 9.47 Å². The molecule has 0 radical (unpaired) electrons. The molecule has 0 aliphatic heterocycles. The molecule has 0 unspecified atom stereocenters. The maximum Gasteiger partial charge on any atom is 0.336 e. The summed E-state index contributed by atoms with van der Waals surface area (Å²) in [6.07, 6.45) is 1.42. The van der Waals surface area contributed by atoms with E-state index in [1.807, 2.05) is 32.0 Å². The van der Waals surface area contributed by atoms with Crippen LogP contribution in [0.3, 0.4) is 0 Å². The molecule has 1 rings (SSSR count). The zero-order valence-corrected chi connectivity index (χ0v) is 10.7. The Morgan fingerprint density at radius 3 is 2.59 bits per heavy atom. The van der Waals surface area contributed by atoms with Crippen molar-refractivity contribution in [3.8, 4) is 5.75 Å². The Hall–Kier alpha value is -1.77. The highest BCUT2D eigenvalue weighted by molar-refractivity contribution is 5.87. The number of rotatable bonds is 4. The van der Waals surface area contributed by atoms with E-state index in [9.17, 15) is 4.79 Å². The molecule has 0 amide bonds. The van der Waals surface area contributed by atoms with Crippen LogP contribution < -0.4 is 4.74 Å². The van der Waals surface area contributed by atoms with Crippen molar-refractivity contribution in [1.29, 1.82) is 0 Å². The summed E-state index contributed by atoms with van der Waals surface area (Å²) in [5.41, 5.74) is 2.82. The van der Waals surface area contributed by atoms with E-state index < -0.39 is 0 Å². The molecular weight excluding hydrogens is 216 g/mol. The van der Waals surface area contributed by atoms with E-state index in [1.165, 1.54) is 11.8 Å². The minimum Gasteiger partial charge on any atom is -0.464 e. The number of carbonyl (C=O) groups is 1. The molecule has 0 heterocycles. The van der Waals surface area contributed by atoms with Crippen LogP contribution in [0.5, 0.6) is 5.75 Å². The van der Waals surface area contributed by atoms with Crippen LogP contribution in [0.4, 0.5) is 0 Å². The Morgan fingerprint density at radius 2 is 2.00 bits per heavy atom. The van der Waals surface area contributed by atoms with Gasteiger partial charge in [0.05, 0.1) is 12.2 Å². The van der Waals surface area contributed by atoms with Gasteiger partial charge in [0.25, 0.3) is 0 Å². The Labute approximate surface area is 102 Å². The fraction of sp³-hybridized carbons (Fsp3) is 0.357. The van der Waals surface area contributed by atoms with Gasteiger partial charge in [-0.2, -0.15) is 0 Å². The minimum atomic E-state index is -0.351. The normalized spacial score (nSPS) is 11.2. The summed E-state index contributed by atoms with van der Waals surface area (Å²) in [6, 6.07) is 5.79. The van der Waals surface area contributed by atoms with E-state index in [2.05, 4.69) is 0 Å². The van der Waals surface area contributed by atoms with Gasteiger partial charge in [-0.1, -0.05) is 6.07 Å². The summed E-state index contributed by atoms with van der Waals surface area (Å²) < 4.78 is 10.3. The average Bonchev–Trinajstić information content (AvgIpc) is 2.30. The van der Waals surface area contributed by atoms with Gasteiger partial charge in [-0.3, -0.25) is 0 Å². The third-order valence-electron chi connectivity index (χ3n) is 2.45. The Bertz CT molecular complexity index is 433. The van der Waals surface area contributed by atoms with Gasteiger partial charge in [-0.05, 0) is 51.0 Å². The summed E-state index contributed by atoms with van der Waals surface area (Å²) in [6.45, 7) is 7.87. The first-order valence-corrected chi connectivity index (χ1v) is 5.62. The lowest BCUT2D eigenvalue weighted by Crippen LogP contribution is -2.06.